The van der Waals surface area contributed by atoms with Gasteiger partial charge in [-0.05, 0) is 6.42 Å². The predicted octanol–water partition coefficient (Wildman–Crippen LogP) is 6.05. The van der Waals surface area contributed by atoms with E-state index in [2.05, 4.69) is 6.92 Å². The maximum absolute atomic E-state index is 11.6. The minimum atomic E-state index is -1.84. The van der Waals surface area contributed by atoms with Crippen LogP contribution in [0.2, 0.25) is 0 Å². The normalized spacial score (nSPS) is 13.8. The molecule has 1 atom stereocenters. The summed E-state index contributed by atoms with van der Waals surface area (Å²) in [5, 5.41) is 9.72. The zero-order valence-electron chi connectivity index (χ0n) is 17.7. The fraction of sp³-hybridized carbons (Fsp3) is 0.955. The zero-order chi connectivity index (χ0) is 19.7. The molecular weight excluding hydrogens is 326 g/mol. The summed E-state index contributed by atoms with van der Waals surface area (Å²) in [4.78, 5) is 11.6. The topological polar surface area (TPSA) is 72.5 Å². The van der Waals surface area contributed by atoms with Crippen LogP contribution in [-0.2, 0) is 9.53 Å². The van der Waals surface area contributed by atoms with E-state index < -0.39 is 11.9 Å². The van der Waals surface area contributed by atoms with E-state index in [1.165, 1.54) is 83.5 Å². The molecular formula is C22H45NO3. The number of ether oxygens (including phenoxy) is 1. The Hall–Kier alpha value is -0.610. The van der Waals surface area contributed by atoms with Crippen molar-refractivity contribution >= 4 is 5.97 Å². The first-order valence-electron chi connectivity index (χ1n) is 11.1. The summed E-state index contributed by atoms with van der Waals surface area (Å²) < 4.78 is 4.91. The molecule has 0 fully saturated rings. The van der Waals surface area contributed by atoms with Gasteiger partial charge in [0.1, 0.15) is 0 Å². The minimum Gasteiger partial charge on any atom is -0.419 e. The van der Waals surface area contributed by atoms with Gasteiger partial charge in [0.05, 0.1) is 0 Å². The van der Waals surface area contributed by atoms with Crippen LogP contribution < -0.4 is 5.73 Å². The summed E-state index contributed by atoms with van der Waals surface area (Å²) in [6, 6.07) is 0. The molecule has 0 saturated heterocycles. The first-order valence-corrected chi connectivity index (χ1v) is 11.1. The van der Waals surface area contributed by atoms with Gasteiger partial charge >= 0.3 is 5.97 Å². The number of unbranched alkanes of at least 4 members (excludes halogenated alkanes) is 14. The van der Waals surface area contributed by atoms with Gasteiger partial charge in [-0.2, -0.15) is 0 Å². The average Bonchev–Trinajstić information content (AvgIpc) is 2.57. The number of hydrogen-bond acceptors (Lipinski definition) is 4. The van der Waals surface area contributed by atoms with Gasteiger partial charge in [-0.25, -0.2) is 0 Å². The molecule has 1 unspecified atom stereocenters. The Labute approximate surface area is 162 Å². The van der Waals surface area contributed by atoms with E-state index in [1.807, 2.05) is 0 Å². The number of hydrogen-bond donors (Lipinski definition) is 2. The highest BCUT2D eigenvalue weighted by Crippen LogP contribution is 2.16. The van der Waals surface area contributed by atoms with Crippen molar-refractivity contribution in [1.29, 1.82) is 0 Å². The molecule has 4 heteroatoms. The number of carbonyl (C=O) groups is 1. The molecule has 156 valence electrons. The molecule has 0 bridgehead atoms. The number of esters is 1. The van der Waals surface area contributed by atoms with Crippen molar-refractivity contribution in [2.75, 3.05) is 0 Å². The summed E-state index contributed by atoms with van der Waals surface area (Å²) in [6.45, 7) is 5.71. The molecule has 0 aliphatic carbocycles. The van der Waals surface area contributed by atoms with Crippen molar-refractivity contribution in [2.24, 2.45) is 11.7 Å². The van der Waals surface area contributed by atoms with Crippen LogP contribution in [0.1, 0.15) is 124 Å². The Morgan fingerprint density at radius 2 is 1.15 bits per heavy atom. The molecule has 4 nitrogen and oxygen atoms in total. The van der Waals surface area contributed by atoms with Gasteiger partial charge in [-0.3, -0.25) is 10.5 Å². The molecule has 0 spiro atoms. The summed E-state index contributed by atoms with van der Waals surface area (Å²) >= 11 is 0. The van der Waals surface area contributed by atoms with E-state index in [4.69, 9.17) is 10.5 Å². The molecule has 0 saturated carbocycles. The molecule has 0 aromatic heterocycles. The van der Waals surface area contributed by atoms with Gasteiger partial charge in [-0.1, -0.05) is 111 Å². The summed E-state index contributed by atoms with van der Waals surface area (Å²) in [5.74, 6) is -2.56. The van der Waals surface area contributed by atoms with E-state index >= 15 is 0 Å². The van der Waals surface area contributed by atoms with Crippen molar-refractivity contribution in [3.8, 4) is 0 Å². The van der Waals surface area contributed by atoms with Crippen LogP contribution in [-0.4, -0.2) is 17.0 Å². The fourth-order valence-electron chi connectivity index (χ4n) is 2.99. The summed E-state index contributed by atoms with van der Waals surface area (Å²) in [5.41, 5.74) is 5.53. The monoisotopic (exact) mass is 371 g/mol. The first-order chi connectivity index (χ1) is 12.4. The number of nitrogens with two attached hydrogens (primary N) is 1. The second-order valence-electron chi connectivity index (χ2n) is 8.08. The van der Waals surface area contributed by atoms with Crippen LogP contribution in [0.3, 0.4) is 0 Å². The Morgan fingerprint density at radius 1 is 0.808 bits per heavy atom. The highest BCUT2D eigenvalue weighted by molar-refractivity contribution is 5.69. The second kappa shape index (κ2) is 16.6. The molecule has 0 amide bonds. The van der Waals surface area contributed by atoms with Gasteiger partial charge in [0.2, 0.25) is 0 Å². The molecule has 0 aliphatic rings. The van der Waals surface area contributed by atoms with Crippen LogP contribution in [0.5, 0.6) is 0 Å². The van der Waals surface area contributed by atoms with Crippen molar-refractivity contribution in [1.82, 2.24) is 0 Å². The number of rotatable bonds is 18. The lowest BCUT2D eigenvalue weighted by Gasteiger charge is -2.26. The van der Waals surface area contributed by atoms with Crippen molar-refractivity contribution in [3.05, 3.63) is 0 Å². The highest BCUT2D eigenvalue weighted by Gasteiger charge is 2.30. The third-order valence-electron chi connectivity index (χ3n) is 5.09. The Bertz CT molecular complexity index is 329. The van der Waals surface area contributed by atoms with E-state index in [-0.39, 0.29) is 5.92 Å². The van der Waals surface area contributed by atoms with Crippen LogP contribution in [0, 0.1) is 5.92 Å². The number of aliphatic hydroxyl groups is 1. The number of carbonyl (C=O) groups excluding carboxylic acids is 1. The molecule has 0 aliphatic heterocycles. The standard InChI is InChI=1S/C22H45NO3/c1-4-5-6-7-8-9-10-11-12-13-14-15-16-17-18-19-21(24)26-22(23,25)20(2)3/h20,25H,4-19,23H2,1-3H3. The molecule has 0 radical (unpaired) electrons. The minimum absolute atomic E-state index is 0.312. The maximum atomic E-state index is 11.6. The molecule has 0 heterocycles. The van der Waals surface area contributed by atoms with Gasteiger partial charge in [0, 0.05) is 12.3 Å². The van der Waals surface area contributed by atoms with Crippen LogP contribution in [0.25, 0.3) is 0 Å². The van der Waals surface area contributed by atoms with Gasteiger partial charge in [0.15, 0.2) is 0 Å². The first kappa shape index (κ1) is 25.4. The fourth-order valence-corrected chi connectivity index (χ4v) is 2.99. The predicted molar refractivity (Wildman–Crippen MR) is 110 cm³/mol. The smallest absolute Gasteiger partial charge is 0.309 e. The van der Waals surface area contributed by atoms with E-state index in [9.17, 15) is 9.90 Å². The Morgan fingerprint density at radius 3 is 1.50 bits per heavy atom. The summed E-state index contributed by atoms with van der Waals surface area (Å²) in [6.07, 6.45) is 19.8. The summed E-state index contributed by atoms with van der Waals surface area (Å²) in [7, 11) is 0. The van der Waals surface area contributed by atoms with Crippen LogP contribution >= 0.6 is 0 Å². The van der Waals surface area contributed by atoms with Crippen molar-refractivity contribution in [2.45, 2.75) is 129 Å². The third-order valence-corrected chi connectivity index (χ3v) is 5.09. The lowest BCUT2D eigenvalue weighted by atomic mass is 10.0. The van der Waals surface area contributed by atoms with Crippen LogP contribution in [0.4, 0.5) is 0 Å². The molecule has 3 N–H and O–H groups in total. The molecule has 0 aromatic carbocycles. The SMILES string of the molecule is CCCCCCCCCCCCCCCCCC(=O)OC(N)(O)C(C)C. The second-order valence-corrected chi connectivity index (χ2v) is 8.08. The molecule has 0 rings (SSSR count). The highest BCUT2D eigenvalue weighted by atomic mass is 16.7. The quantitative estimate of drug-likeness (QED) is 0.175. The third kappa shape index (κ3) is 15.6. The van der Waals surface area contributed by atoms with E-state index in [0.717, 1.165) is 12.8 Å². The van der Waals surface area contributed by atoms with Crippen molar-refractivity contribution in [3.63, 3.8) is 0 Å². The molecule has 26 heavy (non-hydrogen) atoms. The lowest BCUT2D eigenvalue weighted by molar-refractivity contribution is -0.224. The average molecular weight is 372 g/mol. The van der Waals surface area contributed by atoms with E-state index in [0.29, 0.717) is 6.42 Å². The maximum Gasteiger partial charge on any atom is 0.309 e. The zero-order valence-corrected chi connectivity index (χ0v) is 17.7. The lowest BCUT2D eigenvalue weighted by Crippen LogP contribution is -2.49. The van der Waals surface area contributed by atoms with Gasteiger partial charge in [-0.15, -0.1) is 0 Å². The van der Waals surface area contributed by atoms with Gasteiger partial charge < -0.3 is 9.84 Å². The largest absolute Gasteiger partial charge is 0.419 e. The van der Waals surface area contributed by atoms with Crippen LogP contribution in [0.15, 0.2) is 0 Å². The van der Waals surface area contributed by atoms with Crippen molar-refractivity contribution < 1.29 is 14.6 Å². The van der Waals surface area contributed by atoms with Gasteiger partial charge in [0.25, 0.3) is 5.91 Å². The Balaban J connectivity index is 3.28. The Kier molecular flexibility index (Phi) is 16.2. The van der Waals surface area contributed by atoms with E-state index in [1.54, 1.807) is 13.8 Å². The molecule has 0 aromatic rings.